The van der Waals surface area contributed by atoms with Crippen molar-refractivity contribution in [3.8, 4) is 0 Å². The van der Waals surface area contributed by atoms with Gasteiger partial charge in [0.25, 0.3) is 13.4 Å². The van der Waals surface area contributed by atoms with Crippen LogP contribution in [0.1, 0.15) is 268 Å². The number of aryl methyl sites for hydroxylation is 2. The van der Waals surface area contributed by atoms with Gasteiger partial charge in [-0.25, -0.2) is 0 Å². The van der Waals surface area contributed by atoms with Crippen LogP contribution in [0.2, 0.25) is 0 Å². The Balaban J connectivity index is 0.572. The van der Waals surface area contributed by atoms with Crippen LogP contribution in [-0.2, 0) is 44.3 Å². The number of anilines is 14. The van der Waals surface area contributed by atoms with Crippen LogP contribution in [0.3, 0.4) is 0 Å². The van der Waals surface area contributed by atoms with E-state index in [0.29, 0.717) is 0 Å². The fraction of sp³-hybridized carbons (Fsp3) is 0.390. The van der Waals surface area contributed by atoms with Crippen LogP contribution in [0.25, 0.3) is 43.9 Å². The summed E-state index contributed by atoms with van der Waals surface area (Å²) >= 11 is 0. The summed E-state index contributed by atoms with van der Waals surface area (Å²) in [6.45, 7) is 40.8. The van der Waals surface area contributed by atoms with Gasteiger partial charge in [-0.15, -0.1) is 0 Å². The van der Waals surface area contributed by atoms with Crippen LogP contribution in [0.4, 0.5) is 79.6 Å². The van der Waals surface area contributed by atoms with Gasteiger partial charge in [0.15, 0.2) is 0 Å². The molecule has 13 aliphatic rings. The van der Waals surface area contributed by atoms with E-state index in [4.69, 9.17) is 8.83 Å². The minimum absolute atomic E-state index is 0.0171. The zero-order valence-corrected chi connectivity index (χ0v) is 78.2. The number of hydrogen-bond donors (Lipinski definition) is 0. The molecule has 8 aliphatic heterocycles. The Labute approximate surface area is 757 Å². The molecule has 0 N–H and O–H groups in total. The second-order valence-electron chi connectivity index (χ2n) is 46.4. The molecule has 7 unspecified atom stereocenters. The molecule has 10 heteroatoms. The van der Waals surface area contributed by atoms with Crippen molar-refractivity contribution in [2.45, 2.75) is 293 Å². The summed E-state index contributed by atoms with van der Waals surface area (Å²) < 4.78 is 14.0. The summed E-state index contributed by atoms with van der Waals surface area (Å²) in [4.78, 5) is 16.9. The molecule has 640 valence electrons. The first-order chi connectivity index (χ1) is 61.4. The number of fused-ring (bicyclic) bond motifs is 27. The Morgan fingerprint density at radius 1 is 0.305 bits per heavy atom. The van der Waals surface area contributed by atoms with E-state index >= 15 is 0 Å². The Bertz CT molecular complexity index is 7340. The molecule has 128 heavy (non-hydrogen) atoms. The van der Waals surface area contributed by atoms with E-state index in [2.05, 4.69) is 346 Å². The molecule has 27 rings (SSSR count). The van der Waals surface area contributed by atoms with Crippen LogP contribution < -0.4 is 62.2 Å². The molecule has 0 bridgehead atoms. The molecule has 14 aromatic rings. The van der Waals surface area contributed by atoms with Crippen molar-refractivity contribution in [3.63, 3.8) is 0 Å². The van der Waals surface area contributed by atoms with Gasteiger partial charge in [-0.1, -0.05) is 224 Å². The summed E-state index contributed by atoms with van der Waals surface area (Å²) in [5.74, 6) is 0. The third-order valence-electron chi connectivity index (χ3n) is 38.7. The number of nitrogens with zero attached hydrogens (tertiary/aromatic N) is 6. The van der Waals surface area contributed by atoms with Crippen molar-refractivity contribution in [1.29, 1.82) is 0 Å². The maximum Gasteiger partial charge on any atom is 0.252 e. The fourth-order valence-corrected chi connectivity index (χ4v) is 31.0. The smallest absolute Gasteiger partial charge is 0.252 e. The van der Waals surface area contributed by atoms with Crippen LogP contribution in [0.15, 0.2) is 215 Å². The monoisotopic (exact) mass is 1670 g/mol. The van der Waals surface area contributed by atoms with E-state index in [0.717, 1.165) is 75.2 Å². The molecular weight excluding hydrogens is 1550 g/mol. The van der Waals surface area contributed by atoms with Gasteiger partial charge in [-0.2, -0.15) is 0 Å². The summed E-state index contributed by atoms with van der Waals surface area (Å²) in [5.41, 5.74) is 44.7. The van der Waals surface area contributed by atoms with Crippen molar-refractivity contribution in [1.82, 2.24) is 0 Å². The lowest BCUT2D eigenvalue weighted by molar-refractivity contribution is 0.194. The van der Waals surface area contributed by atoms with E-state index in [-0.39, 0.29) is 73.5 Å². The lowest BCUT2D eigenvalue weighted by Gasteiger charge is -2.53. The Hall–Kier alpha value is -10.8. The molecule has 5 aliphatic carbocycles. The molecular formula is C118H120B2N6O2. The maximum absolute atomic E-state index is 7.22. The summed E-state index contributed by atoms with van der Waals surface area (Å²) in [6.07, 6.45) is 22.5. The third kappa shape index (κ3) is 9.33. The number of benzene rings is 12. The predicted octanol–water partition coefficient (Wildman–Crippen LogP) is 27.2. The minimum atomic E-state index is -0.224. The van der Waals surface area contributed by atoms with Crippen LogP contribution >= 0.6 is 0 Å². The van der Waals surface area contributed by atoms with Crippen molar-refractivity contribution in [2.75, 3.05) is 29.4 Å². The first kappa shape index (κ1) is 77.1. The first-order valence-corrected chi connectivity index (χ1v) is 49.3. The number of para-hydroxylation sites is 3. The van der Waals surface area contributed by atoms with E-state index in [1.807, 2.05) is 0 Å². The molecule has 0 radical (unpaired) electrons. The van der Waals surface area contributed by atoms with Gasteiger partial charge >= 0.3 is 0 Å². The topological polar surface area (TPSA) is 45.7 Å². The Morgan fingerprint density at radius 2 is 0.781 bits per heavy atom. The number of furan rings is 2. The minimum Gasteiger partial charge on any atom is -0.456 e. The standard InChI is InChI=1S/C118H120B2N6O2/c1-70-58-95-104-97(60-70)125-106-80(111(9)48-19-25-54-117(111,125)15)31-27-33-88(106)119(104)86-44-41-76(124-92-68-83-82(108(3,4)56-57-109(83,5)6)67-85(92)114(12)51-22-24-53-116(114,124)14)65-93(86)121(95)74-42-47-100-79(64-74)77-43-38-72(62-102(77)128-100)69-110(7,8)73-39-46-90-84(63-73)113(11)50-21-23-52-115(113,13)123(90)75-40-45-87-94(66-75)122(91-35-29-37-101-103(91)78-30-17-18-36-99(78)127-101)96-59-71(2)61-98-105(96)120(87)89-34-28-32-81-107(89)126(98)118(16)55-26-20-49-112(81,118)10/h17-18,27-47,58-68H,19-26,48-57,69H2,1-16H3/t111?,112?,113?,114?,115?,116-,117?,118?/m0/s1. The predicted molar refractivity (Wildman–Crippen MR) is 539 cm³/mol. The van der Waals surface area contributed by atoms with Crippen molar-refractivity contribution >= 4 is 170 Å². The van der Waals surface area contributed by atoms with Gasteiger partial charge in [0.2, 0.25) is 0 Å². The van der Waals surface area contributed by atoms with Crippen LogP contribution in [-0.4, -0.2) is 35.6 Å². The van der Waals surface area contributed by atoms with Crippen LogP contribution in [0.5, 0.6) is 0 Å². The second kappa shape index (κ2) is 25.0. The zero-order valence-electron chi connectivity index (χ0n) is 78.2. The van der Waals surface area contributed by atoms with Gasteiger partial charge in [-0.3, -0.25) is 0 Å². The molecule has 0 saturated heterocycles. The largest absolute Gasteiger partial charge is 0.456 e. The van der Waals surface area contributed by atoms with Crippen LogP contribution in [0, 0.1) is 13.8 Å². The molecule has 0 spiro atoms. The summed E-state index contributed by atoms with van der Waals surface area (Å²) in [6, 6.07) is 83.6. The summed E-state index contributed by atoms with van der Waals surface area (Å²) in [5, 5.41) is 4.62. The molecule has 8 atom stereocenters. The maximum atomic E-state index is 7.22. The normalized spacial score (nSPS) is 27.6. The average Bonchev–Trinajstić information content (AvgIpc) is 1.57. The second-order valence-corrected chi connectivity index (χ2v) is 46.4. The van der Waals surface area contributed by atoms with E-state index in [1.54, 1.807) is 22.3 Å². The van der Waals surface area contributed by atoms with Crippen molar-refractivity contribution in [2.24, 2.45) is 0 Å². The average molecular weight is 1680 g/mol. The first-order valence-electron chi connectivity index (χ1n) is 49.3. The van der Waals surface area contributed by atoms with E-state index in [1.165, 1.54) is 236 Å². The lowest BCUT2D eigenvalue weighted by Crippen LogP contribution is -2.64. The quantitative estimate of drug-likeness (QED) is 0.146. The van der Waals surface area contributed by atoms with Gasteiger partial charge in [-0.05, 0) is 320 Å². The highest BCUT2D eigenvalue weighted by atomic mass is 16.3. The van der Waals surface area contributed by atoms with E-state index in [9.17, 15) is 0 Å². The van der Waals surface area contributed by atoms with Gasteiger partial charge in [0.1, 0.15) is 22.3 Å². The Kier molecular flexibility index (Phi) is 15.1. The highest BCUT2D eigenvalue weighted by Crippen LogP contribution is 2.69. The molecule has 2 aromatic heterocycles. The fourth-order valence-electron chi connectivity index (χ4n) is 31.0. The molecule has 4 fully saturated rings. The van der Waals surface area contributed by atoms with Gasteiger partial charge in [0, 0.05) is 112 Å². The van der Waals surface area contributed by atoms with Gasteiger partial charge in [0.05, 0.1) is 33.2 Å². The van der Waals surface area contributed by atoms with Crippen molar-refractivity contribution in [3.05, 3.63) is 262 Å². The lowest BCUT2D eigenvalue weighted by atomic mass is 9.33. The molecule has 0 amide bonds. The molecule has 10 heterocycles. The van der Waals surface area contributed by atoms with Crippen molar-refractivity contribution < 1.29 is 8.83 Å². The Morgan fingerprint density at radius 3 is 1.38 bits per heavy atom. The van der Waals surface area contributed by atoms with E-state index < -0.39 is 0 Å². The number of hydrogen-bond acceptors (Lipinski definition) is 8. The zero-order chi connectivity index (χ0) is 86.9. The number of rotatable bonds is 7. The highest BCUT2D eigenvalue weighted by molar-refractivity contribution is 7.01. The summed E-state index contributed by atoms with van der Waals surface area (Å²) in [7, 11) is 0. The van der Waals surface area contributed by atoms with Gasteiger partial charge < -0.3 is 38.2 Å². The molecule has 4 saturated carbocycles. The SMILES string of the molecule is Cc1cc2c3c(c1)N1c4c(cccc4C4(C)CCCCC14C)B3c1ccc(N3c4cc5c(cc4C4(C)CCCC[C@]34C)C(C)(C)CCC5(C)C)cc1N2c1ccc2oc3cc(CC(C)(C)c4ccc5c(c4)C4(C)CCCCC4(C)N5c4ccc5c(c4)N(c4cccc6oc7ccccc7c46)c4cc(C)cc6c4B5c4cccc5c4N6C4(C)CCCCC54C)ccc3c2c1. The molecule has 12 aromatic carbocycles. The molecule has 8 nitrogen and oxygen atoms in total. The highest BCUT2D eigenvalue weighted by Gasteiger charge is 2.66. The third-order valence-corrected chi connectivity index (χ3v) is 38.7.